The van der Waals surface area contributed by atoms with Crippen LogP contribution in [0.3, 0.4) is 0 Å². The first-order valence-electron chi connectivity index (χ1n) is 24.5. The Hall–Kier alpha value is -3.93. The van der Waals surface area contributed by atoms with Gasteiger partial charge in [-0.05, 0) is 89.9 Å². The average molecular weight is 845 g/mol. The van der Waals surface area contributed by atoms with Gasteiger partial charge in [-0.3, -0.25) is 14.4 Å². The second-order valence-corrected chi connectivity index (χ2v) is 15.8. The summed E-state index contributed by atoms with van der Waals surface area (Å²) in [4.78, 5) is 37.9. The van der Waals surface area contributed by atoms with Crippen molar-refractivity contribution < 1.29 is 28.6 Å². The zero-order valence-electron chi connectivity index (χ0n) is 39.1. The van der Waals surface area contributed by atoms with Gasteiger partial charge >= 0.3 is 17.9 Å². The third kappa shape index (κ3) is 47.0. The van der Waals surface area contributed by atoms with Crippen molar-refractivity contribution in [2.24, 2.45) is 0 Å². The van der Waals surface area contributed by atoms with Gasteiger partial charge in [0.1, 0.15) is 13.2 Å². The molecule has 0 amide bonds. The molecule has 0 aromatic rings. The average Bonchev–Trinajstić information content (AvgIpc) is 3.26. The Morgan fingerprint density at radius 1 is 0.344 bits per heavy atom. The van der Waals surface area contributed by atoms with Gasteiger partial charge in [0.25, 0.3) is 0 Å². The lowest BCUT2D eigenvalue weighted by Gasteiger charge is -2.18. The van der Waals surface area contributed by atoms with E-state index in [2.05, 4.69) is 57.2 Å². The van der Waals surface area contributed by atoms with Crippen molar-refractivity contribution in [3.8, 4) is 0 Å². The minimum Gasteiger partial charge on any atom is -0.462 e. The van der Waals surface area contributed by atoms with Gasteiger partial charge in [0.15, 0.2) is 6.10 Å². The van der Waals surface area contributed by atoms with Crippen LogP contribution in [0.15, 0.2) is 109 Å². The SMILES string of the molecule is CC\C=C/C=C\C=C/C=C\C=C\C=C/C=C\CCCCCC(=O)OCC(COC(=O)CCCCCCC/C=C\CCCCC)OC(=O)CCCCCCC/C=C\CCCCC. The van der Waals surface area contributed by atoms with E-state index in [-0.39, 0.29) is 31.1 Å². The Morgan fingerprint density at radius 3 is 1.07 bits per heavy atom. The predicted octanol–water partition coefficient (Wildman–Crippen LogP) is 16.0. The molecule has 0 aromatic carbocycles. The third-order valence-corrected chi connectivity index (χ3v) is 9.93. The van der Waals surface area contributed by atoms with Crippen LogP contribution in [0.25, 0.3) is 0 Å². The molecule has 1 unspecified atom stereocenters. The third-order valence-electron chi connectivity index (χ3n) is 9.93. The van der Waals surface area contributed by atoms with Crippen molar-refractivity contribution in [2.45, 2.75) is 207 Å². The fourth-order valence-corrected chi connectivity index (χ4v) is 6.24. The highest BCUT2D eigenvalue weighted by Gasteiger charge is 2.19. The zero-order chi connectivity index (χ0) is 44.4. The summed E-state index contributed by atoms with van der Waals surface area (Å²) in [6, 6.07) is 0. The Bertz CT molecular complexity index is 1290. The second kappa shape index (κ2) is 48.7. The molecule has 1 atom stereocenters. The van der Waals surface area contributed by atoms with Gasteiger partial charge in [0, 0.05) is 19.3 Å². The van der Waals surface area contributed by atoms with Crippen LogP contribution < -0.4 is 0 Å². The van der Waals surface area contributed by atoms with Crippen LogP contribution in [-0.4, -0.2) is 37.2 Å². The monoisotopic (exact) mass is 845 g/mol. The van der Waals surface area contributed by atoms with Gasteiger partial charge in [0.05, 0.1) is 0 Å². The zero-order valence-corrected chi connectivity index (χ0v) is 39.1. The highest BCUT2D eigenvalue weighted by Crippen LogP contribution is 2.13. The molecule has 0 N–H and O–H groups in total. The van der Waals surface area contributed by atoms with E-state index in [1.807, 2.05) is 72.9 Å². The summed E-state index contributed by atoms with van der Waals surface area (Å²) in [5.41, 5.74) is 0. The van der Waals surface area contributed by atoms with E-state index >= 15 is 0 Å². The van der Waals surface area contributed by atoms with Crippen molar-refractivity contribution in [1.29, 1.82) is 0 Å². The number of hydrogen-bond acceptors (Lipinski definition) is 6. The fourth-order valence-electron chi connectivity index (χ4n) is 6.24. The van der Waals surface area contributed by atoms with Crippen molar-refractivity contribution in [2.75, 3.05) is 13.2 Å². The molecule has 0 spiro atoms. The van der Waals surface area contributed by atoms with E-state index in [1.54, 1.807) is 0 Å². The number of allylic oxidation sites excluding steroid dienone is 18. The van der Waals surface area contributed by atoms with E-state index in [1.165, 1.54) is 64.2 Å². The molecule has 0 aliphatic heterocycles. The maximum absolute atomic E-state index is 12.7. The molecule has 0 saturated carbocycles. The van der Waals surface area contributed by atoms with E-state index in [0.717, 1.165) is 96.3 Å². The van der Waals surface area contributed by atoms with Crippen LogP contribution in [0.5, 0.6) is 0 Å². The normalized spacial score (nSPS) is 13.0. The molecule has 0 aliphatic carbocycles. The number of esters is 3. The first kappa shape index (κ1) is 57.1. The Kier molecular flexibility index (Phi) is 45.6. The van der Waals surface area contributed by atoms with Crippen molar-refractivity contribution in [3.63, 3.8) is 0 Å². The van der Waals surface area contributed by atoms with Crippen LogP contribution in [0.2, 0.25) is 0 Å². The second-order valence-electron chi connectivity index (χ2n) is 15.8. The highest BCUT2D eigenvalue weighted by molar-refractivity contribution is 5.71. The first-order chi connectivity index (χ1) is 30.0. The Balaban J connectivity index is 4.52. The maximum Gasteiger partial charge on any atom is 0.306 e. The predicted molar refractivity (Wildman–Crippen MR) is 260 cm³/mol. The molecule has 6 heteroatoms. The molecule has 0 fully saturated rings. The summed E-state index contributed by atoms with van der Waals surface area (Å²) < 4.78 is 16.7. The van der Waals surface area contributed by atoms with Crippen molar-refractivity contribution in [3.05, 3.63) is 109 Å². The Labute approximate surface area is 374 Å². The molecule has 0 bridgehead atoms. The van der Waals surface area contributed by atoms with Crippen LogP contribution in [0.4, 0.5) is 0 Å². The standard InChI is InChI=1S/C55H88O6/c1-4-7-10-13-16-19-22-25-26-27-28-29-30-31-34-36-39-42-45-48-54(57)60-51-52(61-55(58)49-46-43-40-37-33-24-21-18-15-12-9-6-3)50-59-53(56)47-44-41-38-35-32-23-20-17-14-11-8-5-2/h7,10,13,16-22,25-31,34,52H,4-6,8-9,11-12,14-15,23-24,32-33,35-51H2,1-3H3/b10-7-,16-13-,20-17-,21-18-,22-19-,26-25-,28-27+,30-29-,34-31-. The van der Waals surface area contributed by atoms with Crippen LogP contribution >= 0.6 is 0 Å². The van der Waals surface area contributed by atoms with Crippen molar-refractivity contribution >= 4 is 17.9 Å². The number of unbranched alkanes of at least 4 members (excludes halogenated alkanes) is 19. The molecule has 0 aliphatic rings. The van der Waals surface area contributed by atoms with Gasteiger partial charge < -0.3 is 14.2 Å². The number of ether oxygens (including phenoxy) is 3. The molecule has 0 rings (SSSR count). The minimum atomic E-state index is -0.805. The van der Waals surface area contributed by atoms with E-state index < -0.39 is 6.10 Å². The molecular formula is C55H88O6. The maximum atomic E-state index is 12.7. The molecule has 0 saturated heterocycles. The number of rotatable bonds is 42. The van der Waals surface area contributed by atoms with Crippen molar-refractivity contribution in [1.82, 2.24) is 0 Å². The van der Waals surface area contributed by atoms with Gasteiger partial charge in [-0.15, -0.1) is 0 Å². The largest absolute Gasteiger partial charge is 0.462 e. The summed E-state index contributed by atoms with van der Waals surface area (Å²) >= 11 is 0. The number of carbonyl (C=O) groups is 3. The molecule has 6 nitrogen and oxygen atoms in total. The van der Waals surface area contributed by atoms with Crippen LogP contribution in [0, 0.1) is 0 Å². The van der Waals surface area contributed by atoms with E-state index in [4.69, 9.17) is 14.2 Å². The molecule has 0 radical (unpaired) electrons. The molecule has 61 heavy (non-hydrogen) atoms. The molecular weight excluding hydrogens is 757 g/mol. The minimum absolute atomic E-state index is 0.103. The first-order valence-corrected chi connectivity index (χ1v) is 24.5. The summed E-state index contributed by atoms with van der Waals surface area (Å²) in [5.74, 6) is -0.976. The molecule has 0 heterocycles. The number of hydrogen-bond donors (Lipinski definition) is 0. The summed E-state index contributed by atoms with van der Waals surface area (Å²) in [7, 11) is 0. The van der Waals surface area contributed by atoms with Gasteiger partial charge in [-0.25, -0.2) is 0 Å². The lowest BCUT2D eigenvalue weighted by Crippen LogP contribution is -2.30. The Morgan fingerprint density at radius 2 is 0.656 bits per heavy atom. The smallest absolute Gasteiger partial charge is 0.306 e. The lowest BCUT2D eigenvalue weighted by atomic mass is 10.1. The van der Waals surface area contributed by atoms with E-state index in [0.29, 0.717) is 19.3 Å². The molecule has 344 valence electrons. The summed E-state index contributed by atoms with van der Waals surface area (Å²) in [6.07, 6.45) is 64.9. The quantitative estimate of drug-likeness (QED) is 0.0200. The molecule has 0 aromatic heterocycles. The van der Waals surface area contributed by atoms with Gasteiger partial charge in [-0.1, -0.05) is 201 Å². The van der Waals surface area contributed by atoms with Gasteiger partial charge in [-0.2, -0.15) is 0 Å². The van der Waals surface area contributed by atoms with Crippen LogP contribution in [-0.2, 0) is 28.6 Å². The lowest BCUT2D eigenvalue weighted by molar-refractivity contribution is -0.167. The fraction of sp³-hybridized carbons (Fsp3) is 0.618. The van der Waals surface area contributed by atoms with E-state index in [9.17, 15) is 14.4 Å². The topological polar surface area (TPSA) is 78.9 Å². The highest BCUT2D eigenvalue weighted by atomic mass is 16.6. The van der Waals surface area contributed by atoms with Gasteiger partial charge in [0.2, 0.25) is 0 Å². The summed E-state index contributed by atoms with van der Waals surface area (Å²) in [5, 5.41) is 0. The van der Waals surface area contributed by atoms with Crippen LogP contribution in [0.1, 0.15) is 201 Å². The number of carbonyl (C=O) groups excluding carboxylic acids is 3. The summed E-state index contributed by atoms with van der Waals surface area (Å²) in [6.45, 7) is 6.36.